The highest BCUT2D eigenvalue weighted by Crippen LogP contribution is 2.21. The molecule has 2 heterocycles. The molecular formula is C14H11F2N3S. The second kappa shape index (κ2) is 4.79. The Hall–Kier alpha value is -2.08. The molecular weight excluding hydrogens is 280 g/mol. The summed E-state index contributed by atoms with van der Waals surface area (Å²) >= 11 is 5.20. The molecule has 0 spiro atoms. The fourth-order valence-electron chi connectivity index (χ4n) is 2.19. The third kappa shape index (κ3) is 2.12. The van der Waals surface area contributed by atoms with Crippen LogP contribution < -0.4 is 0 Å². The molecule has 0 aliphatic carbocycles. The fourth-order valence-corrected chi connectivity index (χ4v) is 2.45. The average Bonchev–Trinajstić information content (AvgIpc) is 2.70. The maximum atomic E-state index is 13.7. The highest BCUT2D eigenvalue weighted by molar-refractivity contribution is 7.71. The molecule has 3 aromatic rings. The van der Waals surface area contributed by atoms with E-state index in [0.717, 1.165) is 17.2 Å². The number of halogens is 2. The summed E-state index contributed by atoms with van der Waals surface area (Å²) in [5, 5.41) is 0. The molecule has 0 bridgehead atoms. The summed E-state index contributed by atoms with van der Waals surface area (Å²) in [6, 6.07) is 3.99. The Morgan fingerprint density at radius 1 is 1.35 bits per heavy atom. The van der Waals surface area contributed by atoms with E-state index < -0.39 is 11.6 Å². The van der Waals surface area contributed by atoms with Gasteiger partial charge in [0.05, 0.1) is 12.1 Å². The van der Waals surface area contributed by atoms with E-state index in [-0.39, 0.29) is 5.52 Å². The van der Waals surface area contributed by atoms with Crippen LogP contribution in [0.4, 0.5) is 8.78 Å². The van der Waals surface area contributed by atoms with Gasteiger partial charge in [-0.15, -0.1) is 0 Å². The van der Waals surface area contributed by atoms with E-state index in [4.69, 9.17) is 12.2 Å². The summed E-state index contributed by atoms with van der Waals surface area (Å²) in [6.45, 7) is 2.37. The number of rotatable bonds is 2. The number of pyridine rings is 1. The van der Waals surface area contributed by atoms with E-state index in [1.54, 1.807) is 17.0 Å². The Kier molecular flexibility index (Phi) is 3.10. The van der Waals surface area contributed by atoms with Crippen molar-refractivity contribution in [1.29, 1.82) is 0 Å². The van der Waals surface area contributed by atoms with Crippen molar-refractivity contribution in [3.63, 3.8) is 0 Å². The summed E-state index contributed by atoms with van der Waals surface area (Å²) in [6.07, 6.45) is 3.43. The van der Waals surface area contributed by atoms with Gasteiger partial charge in [0.1, 0.15) is 11.3 Å². The first-order valence-corrected chi connectivity index (χ1v) is 6.44. The molecule has 0 fully saturated rings. The van der Waals surface area contributed by atoms with Crippen LogP contribution in [-0.2, 0) is 6.54 Å². The van der Waals surface area contributed by atoms with Gasteiger partial charge < -0.3 is 9.55 Å². The number of nitrogens with one attached hydrogen (secondary N) is 1. The van der Waals surface area contributed by atoms with Crippen molar-refractivity contribution in [3.8, 4) is 0 Å². The van der Waals surface area contributed by atoms with Gasteiger partial charge in [-0.25, -0.2) is 8.78 Å². The van der Waals surface area contributed by atoms with Crippen LogP contribution in [0.25, 0.3) is 11.0 Å². The quantitative estimate of drug-likeness (QED) is 0.730. The number of benzene rings is 1. The molecule has 3 nitrogen and oxygen atoms in total. The number of nitrogens with zero attached hydrogens (tertiary/aromatic N) is 2. The number of aromatic nitrogens is 3. The molecule has 1 aromatic carbocycles. The molecule has 0 atom stereocenters. The Morgan fingerprint density at radius 2 is 2.15 bits per heavy atom. The van der Waals surface area contributed by atoms with Crippen molar-refractivity contribution in [2.24, 2.45) is 0 Å². The normalized spacial score (nSPS) is 11.2. The smallest absolute Gasteiger partial charge is 0.178 e. The number of hydrogen-bond acceptors (Lipinski definition) is 2. The number of aromatic amines is 1. The molecule has 2 aromatic heterocycles. The first-order valence-electron chi connectivity index (χ1n) is 6.03. The lowest BCUT2D eigenvalue weighted by Gasteiger charge is -2.07. The van der Waals surface area contributed by atoms with Gasteiger partial charge in [-0.05, 0) is 42.4 Å². The number of H-pyrrole nitrogens is 1. The van der Waals surface area contributed by atoms with Crippen LogP contribution in [0.15, 0.2) is 30.6 Å². The van der Waals surface area contributed by atoms with Gasteiger partial charge in [-0.1, -0.05) is 0 Å². The summed E-state index contributed by atoms with van der Waals surface area (Å²) < 4.78 is 29.2. The first kappa shape index (κ1) is 12.9. The first-order chi connectivity index (χ1) is 9.56. The van der Waals surface area contributed by atoms with Crippen molar-refractivity contribution in [3.05, 3.63) is 58.1 Å². The van der Waals surface area contributed by atoms with E-state index in [1.807, 2.05) is 13.0 Å². The van der Waals surface area contributed by atoms with E-state index >= 15 is 0 Å². The van der Waals surface area contributed by atoms with Crippen molar-refractivity contribution < 1.29 is 8.78 Å². The Labute approximate surface area is 118 Å². The average molecular weight is 291 g/mol. The van der Waals surface area contributed by atoms with E-state index in [1.165, 1.54) is 6.07 Å². The van der Waals surface area contributed by atoms with Gasteiger partial charge in [0.25, 0.3) is 0 Å². The molecule has 0 radical (unpaired) electrons. The highest BCUT2D eigenvalue weighted by atomic mass is 32.1. The SMILES string of the molecule is Cc1cnccc1Cn1c(=S)[nH]c2c(F)cc(F)cc21. The number of aryl methyl sites for hydroxylation is 1. The Balaban J connectivity index is 2.19. The Morgan fingerprint density at radius 3 is 2.90 bits per heavy atom. The molecule has 0 aliphatic heterocycles. The molecule has 3 rings (SSSR count). The van der Waals surface area contributed by atoms with Crippen LogP contribution in [0.1, 0.15) is 11.1 Å². The molecule has 0 aliphatic rings. The lowest BCUT2D eigenvalue weighted by atomic mass is 10.1. The number of fused-ring (bicyclic) bond motifs is 1. The zero-order chi connectivity index (χ0) is 14.3. The van der Waals surface area contributed by atoms with Crippen LogP contribution in [0.2, 0.25) is 0 Å². The van der Waals surface area contributed by atoms with Gasteiger partial charge in [0.2, 0.25) is 0 Å². The molecule has 1 N–H and O–H groups in total. The van der Waals surface area contributed by atoms with Crippen LogP contribution in [0.5, 0.6) is 0 Å². The van der Waals surface area contributed by atoms with Gasteiger partial charge in [-0.2, -0.15) is 0 Å². The van der Waals surface area contributed by atoms with E-state index in [0.29, 0.717) is 16.8 Å². The van der Waals surface area contributed by atoms with Crippen molar-refractivity contribution in [2.75, 3.05) is 0 Å². The zero-order valence-corrected chi connectivity index (χ0v) is 11.5. The van der Waals surface area contributed by atoms with Gasteiger partial charge in [-0.3, -0.25) is 4.98 Å². The molecule has 0 unspecified atom stereocenters. The van der Waals surface area contributed by atoms with Crippen LogP contribution >= 0.6 is 12.2 Å². The minimum absolute atomic E-state index is 0.225. The van der Waals surface area contributed by atoms with Crippen LogP contribution in [0, 0.1) is 23.3 Å². The fraction of sp³-hybridized carbons (Fsp3) is 0.143. The van der Waals surface area contributed by atoms with Gasteiger partial charge >= 0.3 is 0 Å². The molecule has 0 amide bonds. The summed E-state index contributed by atoms with van der Waals surface area (Å²) in [4.78, 5) is 6.81. The van der Waals surface area contributed by atoms with Crippen LogP contribution in [0.3, 0.4) is 0 Å². The minimum atomic E-state index is -0.642. The molecule has 6 heteroatoms. The second-order valence-electron chi connectivity index (χ2n) is 4.60. The third-order valence-corrected chi connectivity index (χ3v) is 3.59. The standard InChI is InChI=1S/C14H11F2N3S/c1-8-6-17-3-2-9(8)7-19-12-5-10(15)4-11(16)13(12)18-14(19)20/h2-6H,7H2,1H3,(H,18,20). The summed E-state index contributed by atoms with van der Waals surface area (Å²) in [5.41, 5.74) is 2.65. The lowest BCUT2D eigenvalue weighted by molar-refractivity contribution is 0.590. The summed E-state index contributed by atoms with van der Waals surface area (Å²) in [7, 11) is 0. The van der Waals surface area contributed by atoms with Gasteiger partial charge in [0, 0.05) is 18.5 Å². The van der Waals surface area contributed by atoms with Crippen molar-refractivity contribution in [1.82, 2.24) is 14.5 Å². The molecule has 20 heavy (non-hydrogen) atoms. The summed E-state index contributed by atoms with van der Waals surface area (Å²) in [5.74, 6) is -1.26. The molecule has 102 valence electrons. The topological polar surface area (TPSA) is 33.6 Å². The molecule has 0 saturated carbocycles. The third-order valence-electron chi connectivity index (χ3n) is 3.27. The number of hydrogen-bond donors (Lipinski definition) is 1. The zero-order valence-electron chi connectivity index (χ0n) is 10.7. The highest BCUT2D eigenvalue weighted by Gasteiger charge is 2.11. The van der Waals surface area contributed by atoms with E-state index in [9.17, 15) is 8.78 Å². The van der Waals surface area contributed by atoms with E-state index in [2.05, 4.69) is 9.97 Å². The van der Waals surface area contributed by atoms with Crippen molar-refractivity contribution >= 4 is 23.3 Å². The maximum Gasteiger partial charge on any atom is 0.178 e. The molecule has 0 saturated heterocycles. The monoisotopic (exact) mass is 291 g/mol. The second-order valence-corrected chi connectivity index (χ2v) is 4.99. The van der Waals surface area contributed by atoms with Crippen molar-refractivity contribution in [2.45, 2.75) is 13.5 Å². The predicted octanol–water partition coefficient (Wildman–Crippen LogP) is 3.73. The predicted molar refractivity (Wildman–Crippen MR) is 75.1 cm³/mol. The maximum absolute atomic E-state index is 13.7. The lowest BCUT2D eigenvalue weighted by Crippen LogP contribution is -2.02. The Bertz CT molecular complexity index is 851. The largest absolute Gasteiger partial charge is 0.328 e. The van der Waals surface area contributed by atoms with Gasteiger partial charge in [0.15, 0.2) is 10.6 Å². The number of imidazole rings is 1. The minimum Gasteiger partial charge on any atom is -0.328 e. The van der Waals surface area contributed by atoms with Crippen LogP contribution in [-0.4, -0.2) is 14.5 Å².